The fourth-order valence-electron chi connectivity index (χ4n) is 3.50. The smallest absolute Gasteiger partial charge is 0.214 e. The van der Waals surface area contributed by atoms with Crippen LogP contribution in [-0.4, -0.2) is 39.5 Å². The van der Waals surface area contributed by atoms with Gasteiger partial charge in [0.05, 0.1) is 24.5 Å². The van der Waals surface area contributed by atoms with Crippen LogP contribution in [0, 0.1) is 0 Å². The van der Waals surface area contributed by atoms with Crippen LogP contribution < -0.4 is 9.46 Å². The molecule has 0 saturated carbocycles. The molecule has 0 aliphatic carbocycles. The van der Waals surface area contributed by atoms with Crippen molar-refractivity contribution in [1.82, 2.24) is 4.72 Å². The average molecular weight is 404 g/mol. The molecule has 1 fully saturated rings. The van der Waals surface area contributed by atoms with E-state index in [1.54, 1.807) is 13.8 Å². The number of hydrogen-bond donors (Lipinski definition) is 1. The third-order valence-corrected chi connectivity index (χ3v) is 7.00. The summed E-state index contributed by atoms with van der Waals surface area (Å²) < 4.78 is 38.8. The largest absolute Gasteiger partial charge is 0.493 e. The van der Waals surface area contributed by atoms with E-state index in [1.165, 1.54) is 0 Å². The quantitative estimate of drug-likeness (QED) is 0.760. The van der Waals surface area contributed by atoms with Gasteiger partial charge in [-0.3, -0.25) is 0 Å². The highest BCUT2D eigenvalue weighted by Gasteiger charge is 2.31. The van der Waals surface area contributed by atoms with Crippen molar-refractivity contribution in [3.8, 4) is 16.9 Å². The number of ether oxygens (including phenoxy) is 2. The minimum Gasteiger partial charge on any atom is -0.493 e. The molecular weight excluding hydrogens is 374 g/mol. The van der Waals surface area contributed by atoms with Gasteiger partial charge >= 0.3 is 0 Å². The molecule has 1 aliphatic heterocycles. The maximum absolute atomic E-state index is 12.3. The van der Waals surface area contributed by atoms with Crippen molar-refractivity contribution >= 4 is 10.0 Å². The maximum Gasteiger partial charge on any atom is 0.214 e. The van der Waals surface area contributed by atoms with E-state index in [9.17, 15) is 8.42 Å². The van der Waals surface area contributed by atoms with Gasteiger partial charge in [-0.15, -0.1) is 0 Å². The molecule has 0 unspecified atom stereocenters. The molecule has 1 aliphatic rings. The lowest BCUT2D eigenvalue weighted by molar-refractivity contribution is 0.0644. The van der Waals surface area contributed by atoms with Crippen LogP contribution in [0.4, 0.5) is 0 Å². The molecular formula is C22H29NO4S. The summed E-state index contributed by atoms with van der Waals surface area (Å²) in [4.78, 5) is 0. The van der Waals surface area contributed by atoms with Crippen LogP contribution in [0.1, 0.15) is 38.7 Å². The first-order chi connectivity index (χ1) is 13.4. The molecule has 2 aromatic carbocycles. The SMILES string of the molecule is CCOc1ccccc1-c1ccc([C@@H]2CCOC[C@H]2NS(=O)(=O)C(C)C)cc1. The number of para-hydroxylation sites is 1. The lowest BCUT2D eigenvalue weighted by Gasteiger charge is -2.33. The Morgan fingerprint density at radius 3 is 2.54 bits per heavy atom. The van der Waals surface area contributed by atoms with Gasteiger partial charge in [0.15, 0.2) is 0 Å². The van der Waals surface area contributed by atoms with E-state index in [0.29, 0.717) is 19.8 Å². The molecule has 3 rings (SSSR count). The van der Waals surface area contributed by atoms with Gasteiger partial charge in [0.1, 0.15) is 5.75 Å². The lowest BCUT2D eigenvalue weighted by Crippen LogP contribution is -2.47. The van der Waals surface area contributed by atoms with Gasteiger partial charge < -0.3 is 9.47 Å². The van der Waals surface area contributed by atoms with E-state index in [2.05, 4.69) is 29.0 Å². The summed E-state index contributed by atoms with van der Waals surface area (Å²) in [7, 11) is -3.35. The van der Waals surface area contributed by atoms with Crippen LogP contribution in [0.25, 0.3) is 11.1 Å². The second-order valence-electron chi connectivity index (χ2n) is 7.34. The van der Waals surface area contributed by atoms with Crippen molar-refractivity contribution in [2.45, 2.75) is 44.4 Å². The second kappa shape index (κ2) is 9.07. The molecule has 1 saturated heterocycles. The van der Waals surface area contributed by atoms with Gasteiger partial charge in [0.2, 0.25) is 10.0 Å². The first-order valence-corrected chi connectivity index (χ1v) is 11.4. The summed E-state index contributed by atoms with van der Waals surface area (Å²) in [6.07, 6.45) is 0.792. The maximum atomic E-state index is 12.3. The van der Waals surface area contributed by atoms with Crippen molar-refractivity contribution in [1.29, 1.82) is 0 Å². The molecule has 152 valence electrons. The van der Waals surface area contributed by atoms with E-state index in [1.807, 2.05) is 31.2 Å². The highest BCUT2D eigenvalue weighted by molar-refractivity contribution is 7.90. The molecule has 2 atom stereocenters. The topological polar surface area (TPSA) is 64.6 Å². The number of nitrogens with one attached hydrogen (secondary N) is 1. The Kier molecular flexibility index (Phi) is 6.75. The molecule has 28 heavy (non-hydrogen) atoms. The molecule has 1 N–H and O–H groups in total. The average Bonchev–Trinajstić information content (AvgIpc) is 2.69. The highest BCUT2D eigenvalue weighted by Crippen LogP contribution is 2.33. The Morgan fingerprint density at radius 1 is 1.14 bits per heavy atom. The minimum atomic E-state index is -3.35. The molecule has 0 aromatic heterocycles. The van der Waals surface area contributed by atoms with E-state index in [-0.39, 0.29) is 12.0 Å². The van der Waals surface area contributed by atoms with Gasteiger partial charge in [-0.2, -0.15) is 0 Å². The summed E-state index contributed by atoms with van der Waals surface area (Å²) >= 11 is 0. The van der Waals surface area contributed by atoms with Crippen LogP contribution in [0.2, 0.25) is 0 Å². The molecule has 0 radical (unpaired) electrons. The zero-order valence-corrected chi connectivity index (χ0v) is 17.5. The normalized spacial score (nSPS) is 20.3. The fraction of sp³-hybridized carbons (Fsp3) is 0.455. The zero-order chi connectivity index (χ0) is 20.1. The minimum absolute atomic E-state index is 0.0958. The Hall–Kier alpha value is -1.89. The van der Waals surface area contributed by atoms with Crippen LogP contribution in [0.15, 0.2) is 48.5 Å². The van der Waals surface area contributed by atoms with Crippen molar-refractivity contribution < 1.29 is 17.9 Å². The van der Waals surface area contributed by atoms with E-state index in [4.69, 9.17) is 9.47 Å². The molecule has 5 nitrogen and oxygen atoms in total. The standard InChI is InChI=1S/C22H29NO4S/c1-4-27-22-8-6-5-7-20(22)18-11-9-17(10-12-18)19-13-14-26-15-21(19)23-28(24,25)16(2)3/h5-12,16,19,21,23H,4,13-15H2,1-3H3/t19-,21+/m0/s1. The summed E-state index contributed by atoms with van der Waals surface area (Å²) in [5.74, 6) is 0.963. The van der Waals surface area contributed by atoms with E-state index >= 15 is 0 Å². The van der Waals surface area contributed by atoms with E-state index in [0.717, 1.165) is 28.9 Å². The number of hydrogen-bond acceptors (Lipinski definition) is 4. The highest BCUT2D eigenvalue weighted by atomic mass is 32.2. The fourth-order valence-corrected chi connectivity index (χ4v) is 4.42. The monoisotopic (exact) mass is 403 g/mol. The molecule has 0 amide bonds. The van der Waals surface area contributed by atoms with E-state index < -0.39 is 15.3 Å². The summed E-state index contributed by atoms with van der Waals surface area (Å²) in [6, 6.07) is 16.1. The van der Waals surface area contributed by atoms with Crippen molar-refractivity contribution in [2.24, 2.45) is 0 Å². The molecule has 0 bridgehead atoms. The number of sulfonamides is 1. The Morgan fingerprint density at radius 2 is 1.86 bits per heavy atom. The van der Waals surface area contributed by atoms with Gasteiger partial charge in [-0.05, 0) is 44.4 Å². The number of rotatable bonds is 7. The summed E-state index contributed by atoms with van der Waals surface area (Å²) in [6.45, 7) is 7.00. The van der Waals surface area contributed by atoms with Gasteiger partial charge in [-0.1, -0.05) is 42.5 Å². The Bertz CT molecular complexity index is 878. The first-order valence-electron chi connectivity index (χ1n) is 9.83. The van der Waals surface area contributed by atoms with Crippen molar-refractivity contribution in [3.63, 3.8) is 0 Å². The second-order valence-corrected chi connectivity index (χ2v) is 9.61. The predicted molar refractivity (Wildman–Crippen MR) is 112 cm³/mol. The molecule has 0 spiro atoms. The van der Waals surface area contributed by atoms with Gasteiger partial charge in [0.25, 0.3) is 0 Å². The van der Waals surface area contributed by atoms with Crippen LogP contribution >= 0.6 is 0 Å². The number of benzene rings is 2. The molecule has 6 heteroatoms. The Balaban J connectivity index is 1.83. The first kappa shape index (κ1) is 20.8. The summed E-state index contributed by atoms with van der Waals surface area (Å²) in [5, 5.41) is -0.465. The van der Waals surface area contributed by atoms with Crippen LogP contribution in [0.5, 0.6) is 5.75 Å². The van der Waals surface area contributed by atoms with Crippen molar-refractivity contribution in [2.75, 3.05) is 19.8 Å². The van der Waals surface area contributed by atoms with Gasteiger partial charge in [0, 0.05) is 18.1 Å². The predicted octanol–water partition coefficient (Wildman–Crippen LogP) is 3.95. The third-order valence-electron chi connectivity index (χ3n) is 5.13. The Labute approximate surface area is 168 Å². The third kappa shape index (κ3) is 4.74. The molecule has 2 aromatic rings. The lowest BCUT2D eigenvalue weighted by atomic mass is 9.87. The van der Waals surface area contributed by atoms with Gasteiger partial charge in [-0.25, -0.2) is 13.1 Å². The van der Waals surface area contributed by atoms with Crippen molar-refractivity contribution in [3.05, 3.63) is 54.1 Å². The summed E-state index contributed by atoms with van der Waals surface area (Å²) in [5.41, 5.74) is 3.26. The van der Waals surface area contributed by atoms with Crippen LogP contribution in [-0.2, 0) is 14.8 Å². The zero-order valence-electron chi connectivity index (χ0n) is 16.7. The molecule has 1 heterocycles. The van der Waals surface area contributed by atoms with Crippen LogP contribution in [0.3, 0.4) is 0 Å².